The topological polar surface area (TPSA) is 86.8 Å². The molecule has 7 nitrogen and oxygen atoms in total. The zero-order valence-electron chi connectivity index (χ0n) is 21.3. The van der Waals surface area contributed by atoms with E-state index in [4.69, 9.17) is 11.6 Å². The first-order valence-corrected chi connectivity index (χ1v) is 14.1. The van der Waals surface area contributed by atoms with Crippen molar-refractivity contribution in [3.63, 3.8) is 0 Å². The third-order valence-electron chi connectivity index (χ3n) is 5.99. The van der Waals surface area contributed by atoms with Crippen LogP contribution in [0.25, 0.3) is 0 Å². The molecule has 0 saturated carbocycles. The summed E-state index contributed by atoms with van der Waals surface area (Å²) in [5.74, 6) is -1.83. The van der Waals surface area contributed by atoms with Crippen LogP contribution in [0.4, 0.5) is 10.1 Å². The smallest absolute Gasteiger partial charge is 0.264 e. The van der Waals surface area contributed by atoms with Gasteiger partial charge in [-0.05, 0) is 55.3 Å². The minimum absolute atomic E-state index is 0.0227. The summed E-state index contributed by atoms with van der Waals surface area (Å²) in [5, 5.41) is 3.33. The Morgan fingerprint density at radius 1 is 0.974 bits per heavy atom. The predicted octanol–water partition coefficient (Wildman–Crippen LogP) is 5.01. The summed E-state index contributed by atoms with van der Waals surface area (Å²) in [6.07, 6.45) is 1.66. The minimum Gasteiger partial charge on any atom is -0.354 e. The monoisotopic (exact) mass is 559 g/mol. The van der Waals surface area contributed by atoms with Crippen molar-refractivity contribution < 1.29 is 22.4 Å². The van der Waals surface area contributed by atoms with Gasteiger partial charge in [0.1, 0.15) is 18.4 Å². The molecule has 0 aliphatic rings. The average molecular weight is 560 g/mol. The van der Waals surface area contributed by atoms with Gasteiger partial charge in [0, 0.05) is 18.1 Å². The van der Waals surface area contributed by atoms with Crippen LogP contribution in [-0.2, 0) is 26.2 Å². The van der Waals surface area contributed by atoms with Crippen LogP contribution in [-0.4, -0.2) is 44.3 Å². The Morgan fingerprint density at radius 3 is 2.24 bits per heavy atom. The maximum absolute atomic E-state index is 14.9. The molecule has 1 N–H and O–H groups in total. The highest BCUT2D eigenvalue weighted by atomic mass is 35.5. The molecule has 0 aromatic heterocycles. The van der Waals surface area contributed by atoms with Crippen LogP contribution < -0.4 is 9.62 Å². The van der Waals surface area contributed by atoms with E-state index in [2.05, 4.69) is 5.32 Å². The molecule has 0 spiro atoms. The zero-order chi connectivity index (χ0) is 27.7. The van der Waals surface area contributed by atoms with Gasteiger partial charge < -0.3 is 10.2 Å². The predicted molar refractivity (Wildman–Crippen MR) is 147 cm³/mol. The minimum atomic E-state index is -4.32. The van der Waals surface area contributed by atoms with Crippen LogP contribution in [0, 0.1) is 5.82 Å². The van der Waals surface area contributed by atoms with Gasteiger partial charge in [-0.3, -0.25) is 13.9 Å². The Balaban J connectivity index is 1.99. The number of hydrogen-bond acceptors (Lipinski definition) is 4. The van der Waals surface area contributed by atoms with Gasteiger partial charge in [0.25, 0.3) is 10.0 Å². The molecule has 202 valence electrons. The number of nitrogens with zero attached hydrogens (tertiary/aromatic N) is 2. The lowest BCUT2D eigenvalue weighted by molar-refractivity contribution is -0.139. The van der Waals surface area contributed by atoms with E-state index >= 15 is 0 Å². The molecule has 3 aromatic carbocycles. The number of anilines is 1. The third-order valence-corrected chi connectivity index (χ3v) is 8.02. The lowest BCUT2D eigenvalue weighted by atomic mass is 10.1. The van der Waals surface area contributed by atoms with Crippen molar-refractivity contribution in [2.24, 2.45) is 0 Å². The summed E-state index contributed by atoms with van der Waals surface area (Å²) in [6, 6.07) is 18.7. The summed E-state index contributed by atoms with van der Waals surface area (Å²) < 4.78 is 42.8. The molecule has 0 bridgehead atoms. The highest BCUT2D eigenvalue weighted by molar-refractivity contribution is 7.92. The SMILES string of the molecule is CCCCNC(=O)C(C)N(Cc1ccc(Cl)cc1)C(=O)CN(c1ccccc1F)S(=O)(=O)c1ccccc1. The molecule has 3 aromatic rings. The number of carbonyl (C=O) groups excluding carboxylic acids is 2. The Bertz CT molecular complexity index is 1340. The van der Waals surface area contributed by atoms with Crippen molar-refractivity contribution in [3.05, 3.63) is 95.3 Å². The maximum Gasteiger partial charge on any atom is 0.264 e. The first-order chi connectivity index (χ1) is 18.1. The van der Waals surface area contributed by atoms with E-state index in [-0.39, 0.29) is 23.0 Å². The first-order valence-electron chi connectivity index (χ1n) is 12.3. The second kappa shape index (κ2) is 13.4. The Labute approximate surface area is 228 Å². The van der Waals surface area contributed by atoms with Gasteiger partial charge in [0.2, 0.25) is 11.8 Å². The van der Waals surface area contributed by atoms with Crippen LogP contribution >= 0.6 is 11.6 Å². The van der Waals surface area contributed by atoms with Gasteiger partial charge in [-0.2, -0.15) is 0 Å². The third kappa shape index (κ3) is 7.33. The second-order valence-electron chi connectivity index (χ2n) is 8.74. The lowest BCUT2D eigenvalue weighted by Crippen LogP contribution is -2.51. The van der Waals surface area contributed by atoms with Crippen LogP contribution in [0.3, 0.4) is 0 Å². The maximum atomic E-state index is 14.9. The van der Waals surface area contributed by atoms with Crippen molar-refractivity contribution in [3.8, 4) is 0 Å². The number of para-hydroxylation sites is 1. The zero-order valence-corrected chi connectivity index (χ0v) is 22.9. The Kier molecular flexibility index (Phi) is 10.3. The van der Waals surface area contributed by atoms with Crippen LogP contribution in [0.2, 0.25) is 5.02 Å². The van der Waals surface area contributed by atoms with E-state index < -0.39 is 34.3 Å². The number of nitrogens with one attached hydrogen (secondary N) is 1. The molecule has 0 aliphatic heterocycles. The number of amides is 2. The summed E-state index contributed by atoms with van der Waals surface area (Å²) >= 11 is 6.00. The lowest BCUT2D eigenvalue weighted by Gasteiger charge is -2.32. The number of halogens is 2. The normalized spacial score (nSPS) is 12.0. The van der Waals surface area contributed by atoms with Crippen LogP contribution in [0.15, 0.2) is 83.8 Å². The molecular formula is C28H31ClFN3O4S. The van der Waals surface area contributed by atoms with Crippen LogP contribution in [0.1, 0.15) is 32.3 Å². The van der Waals surface area contributed by atoms with Gasteiger partial charge in [-0.25, -0.2) is 12.8 Å². The number of hydrogen-bond donors (Lipinski definition) is 1. The molecule has 38 heavy (non-hydrogen) atoms. The molecule has 10 heteroatoms. The van der Waals surface area contributed by atoms with Gasteiger partial charge >= 0.3 is 0 Å². The fourth-order valence-corrected chi connectivity index (χ4v) is 5.36. The molecule has 0 saturated heterocycles. The van der Waals surface area contributed by atoms with Crippen molar-refractivity contribution in [1.82, 2.24) is 10.2 Å². The molecule has 0 fully saturated rings. The summed E-state index contributed by atoms with van der Waals surface area (Å²) in [5.41, 5.74) is 0.426. The van der Waals surface area contributed by atoms with Gasteiger partial charge in [-0.1, -0.05) is 67.4 Å². The molecule has 0 aliphatic carbocycles. The fourth-order valence-electron chi connectivity index (χ4n) is 3.79. The van der Waals surface area contributed by atoms with E-state index in [9.17, 15) is 22.4 Å². The van der Waals surface area contributed by atoms with E-state index in [0.29, 0.717) is 17.1 Å². The molecule has 0 radical (unpaired) electrons. The number of rotatable bonds is 12. The fraction of sp³-hybridized carbons (Fsp3) is 0.286. The van der Waals surface area contributed by atoms with E-state index in [1.54, 1.807) is 49.4 Å². The molecule has 0 heterocycles. The quantitative estimate of drug-likeness (QED) is 0.316. The van der Waals surface area contributed by atoms with E-state index in [1.807, 2.05) is 6.92 Å². The summed E-state index contributed by atoms with van der Waals surface area (Å²) in [7, 11) is -4.32. The van der Waals surface area contributed by atoms with E-state index in [1.165, 1.54) is 35.2 Å². The molecule has 1 unspecified atom stereocenters. The number of benzene rings is 3. The van der Waals surface area contributed by atoms with Gasteiger partial charge in [0.05, 0.1) is 10.6 Å². The average Bonchev–Trinajstić information content (AvgIpc) is 2.92. The van der Waals surface area contributed by atoms with Crippen molar-refractivity contribution in [2.75, 3.05) is 17.4 Å². The number of carbonyl (C=O) groups is 2. The second-order valence-corrected chi connectivity index (χ2v) is 11.0. The molecule has 3 rings (SSSR count). The number of sulfonamides is 1. The van der Waals surface area contributed by atoms with Crippen molar-refractivity contribution in [2.45, 2.75) is 44.2 Å². The van der Waals surface area contributed by atoms with Gasteiger partial charge in [0.15, 0.2) is 0 Å². The van der Waals surface area contributed by atoms with Crippen LogP contribution in [0.5, 0.6) is 0 Å². The highest BCUT2D eigenvalue weighted by Crippen LogP contribution is 2.27. The van der Waals surface area contributed by atoms with E-state index in [0.717, 1.165) is 23.2 Å². The Morgan fingerprint density at radius 2 is 1.61 bits per heavy atom. The highest BCUT2D eigenvalue weighted by Gasteiger charge is 2.33. The summed E-state index contributed by atoms with van der Waals surface area (Å²) in [6.45, 7) is 3.34. The molecule has 2 amide bonds. The van der Waals surface area contributed by atoms with Gasteiger partial charge in [-0.15, -0.1) is 0 Å². The van der Waals surface area contributed by atoms with Crippen molar-refractivity contribution >= 4 is 39.1 Å². The molecule has 1 atom stereocenters. The standard InChI is InChI=1S/C28H31ClFN3O4S/c1-3-4-18-31-28(35)21(2)32(19-22-14-16-23(29)17-15-22)27(34)20-33(26-13-9-8-12-25(26)30)38(36,37)24-10-6-5-7-11-24/h5-17,21H,3-4,18-20H2,1-2H3,(H,31,35). The molecular weight excluding hydrogens is 529 g/mol. The summed E-state index contributed by atoms with van der Waals surface area (Å²) in [4.78, 5) is 27.9. The Hall–Kier alpha value is -3.43. The first kappa shape index (κ1) is 29.1. The largest absolute Gasteiger partial charge is 0.354 e. The van der Waals surface area contributed by atoms with Crippen molar-refractivity contribution in [1.29, 1.82) is 0 Å². The number of unbranched alkanes of at least 4 members (excludes halogenated alkanes) is 1.